The Labute approximate surface area is 131 Å². The molecule has 0 aliphatic rings. The van der Waals surface area contributed by atoms with Crippen molar-refractivity contribution in [1.82, 2.24) is 4.31 Å². The summed E-state index contributed by atoms with van der Waals surface area (Å²) in [4.78, 5) is 0.0892. The minimum absolute atomic E-state index is 0.0892. The van der Waals surface area contributed by atoms with Crippen LogP contribution in [0.1, 0.15) is 11.7 Å². The number of benzene rings is 1. The van der Waals surface area contributed by atoms with Gasteiger partial charge in [0.15, 0.2) is 0 Å². The highest BCUT2D eigenvalue weighted by Gasteiger charge is 2.24. The molecule has 8 heteroatoms. The predicted molar refractivity (Wildman–Crippen MR) is 80.5 cm³/mol. The third-order valence-electron chi connectivity index (χ3n) is 2.94. The van der Waals surface area contributed by atoms with Crippen molar-refractivity contribution in [2.75, 3.05) is 13.6 Å². The highest BCUT2D eigenvalue weighted by Crippen LogP contribution is 2.26. The van der Waals surface area contributed by atoms with E-state index in [4.69, 9.17) is 11.6 Å². The van der Waals surface area contributed by atoms with E-state index in [0.29, 0.717) is 9.90 Å². The lowest BCUT2D eigenvalue weighted by atomic mass is 10.1. The standard InChI is InChI=1S/C13H13ClFNO3S2/c1-16(21(18,19)11-6-13(14)20-8-11)7-12(17)9-2-4-10(15)5-3-9/h2-6,8,12,17H,7H2,1H3. The molecule has 2 aromatic rings. The number of nitrogens with zero attached hydrogens (tertiary/aromatic N) is 1. The number of thiophene rings is 1. The van der Waals surface area contributed by atoms with Gasteiger partial charge in [-0.05, 0) is 23.8 Å². The molecule has 1 unspecified atom stereocenters. The molecule has 0 fully saturated rings. The van der Waals surface area contributed by atoms with E-state index in [2.05, 4.69) is 0 Å². The van der Waals surface area contributed by atoms with Crippen LogP contribution in [0.4, 0.5) is 4.39 Å². The van der Waals surface area contributed by atoms with Crippen LogP contribution in [0, 0.1) is 5.82 Å². The largest absolute Gasteiger partial charge is 0.387 e. The van der Waals surface area contributed by atoms with Crippen molar-refractivity contribution in [3.05, 3.63) is 51.4 Å². The van der Waals surface area contributed by atoms with Crippen molar-refractivity contribution in [1.29, 1.82) is 0 Å². The van der Waals surface area contributed by atoms with Gasteiger partial charge >= 0.3 is 0 Å². The lowest BCUT2D eigenvalue weighted by molar-refractivity contribution is 0.155. The molecule has 0 bridgehead atoms. The minimum atomic E-state index is -3.70. The second-order valence-corrected chi connectivity index (χ2v) is 8.03. The van der Waals surface area contributed by atoms with E-state index >= 15 is 0 Å². The monoisotopic (exact) mass is 349 g/mol. The van der Waals surface area contributed by atoms with Gasteiger partial charge in [-0.15, -0.1) is 11.3 Å². The topological polar surface area (TPSA) is 57.6 Å². The van der Waals surface area contributed by atoms with Crippen LogP contribution in [0.3, 0.4) is 0 Å². The molecule has 114 valence electrons. The molecule has 0 saturated carbocycles. The molecule has 2 rings (SSSR count). The Morgan fingerprint density at radius 2 is 2.00 bits per heavy atom. The molecule has 1 aromatic heterocycles. The number of sulfonamides is 1. The molecule has 0 aliphatic heterocycles. The van der Waals surface area contributed by atoms with Crippen molar-refractivity contribution >= 4 is 33.0 Å². The van der Waals surface area contributed by atoms with Gasteiger partial charge in [0.05, 0.1) is 15.3 Å². The molecule has 21 heavy (non-hydrogen) atoms. The average molecular weight is 350 g/mol. The molecule has 1 aromatic carbocycles. The molecule has 0 radical (unpaired) electrons. The fraction of sp³-hybridized carbons (Fsp3) is 0.231. The summed E-state index contributed by atoms with van der Waals surface area (Å²) in [5.41, 5.74) is 0.446. The molecule has 1 atom stereocenters. The van der Waals surface area contributed by atoms with E-state index in [1.807, 2.05) is 0 Å². The van der Waals surface area contributed by atoms with E-state index in [1.54, 1.807) is 0 Å². The minimum Gasteiger partial charge on any atom is -0.387 e. The van der Waals surface area contributed by atoms with E-state index in [-0.39, 0.29) is 11.4 Å². The number of aliphatic hydroxyl groups is 1. The smallest absolute Gasteiger partial charge is 0.243 e. The second kappa shape index (κ2) is 6.41. The third kappa shape index (κ3) is 3.81. The summed E-state index contributed by atoms with van der Waals surface area (Å²) in [5.74, 6) is -0.417. The predicted octanol–water partition coefficient (Wildman–Crippen LogP) is 2.89. The summed E-state index contributed by atoms with van der Waals surface area (Å²) in [6.45, 7) is -0.137. The Bertz CT molecular complexity index is 715. The van der Waals surface area contributed by atoms with Crippen LogP contribution >= 0.6 is 22.9 Å². The zero-order chi connectivity index (χ0) is 15.6. The van der Waals surface area contributed by atoms with Gasteiger partial charge in [-0.25, -0.2) is 12.8 Å². The molecule has 1 N–H and O–H groups in total. The van der Waals surface area contributed by atoms with E-state index in [1.165, 1.54) is 42.8 Å². The van der Waals surface area contributed by atoms with Crippen molar-refractivity contribution in [2.24, 2.45) is 0 Å². The van der Waals surface area contributed by atoms with Gasteiger partial charge < -0.3 is 5.11 Å². The fourth-order valence-corrected chi connectivity index (χ4v) is 4.22. The zero-order valence-electron chi connectivity index (χ0n) is 11.0. The summed E-state index contributed by atoms with van der Waals surface area (Å²) in [6.07, 6.45) is -1.04. The maximum atomic E-state index is 12.8. The van der Waals surface area contributed by atoms with Crippen LogP contribution in [-0.4, -0.2) is 31.4 Å². The van der Waals surface area contributed by atoms with Crippen LogP contribution < -0.4 is 0 Å². The van der Waals surface area contributed by atoms with Crippen molar-refractivity contribution < 1.29 is 17.9 Å². The molecule has 4 nitrogen and oxygen atoms in total. The number of rotatable bonds is 5. The highest BCUT2D eigenvalue weighted by molar-refractivity contribution is 7.89. The summed E-state index contributed by atoms with van der Waals surface area (Å²) >= 11 is 6.86. The van der Waals surface area contributed by atoms with Gasteiger partial charge in [0.2, 0.25) is 10.0 Å². The fourth-order valence-electron chi connectivity index (χ4n) is 1.74. The van der Waals surface area contributed by atoms with Crippen LogP contribution in [0.5, 0.6) is 0 Å². The van der Waals surface area contributed by atoms with Gasteiger partial charge in [-0.3, -0.25) is 0 Å². The Morgan fingerprint density at radius 1 is 1.38 bits per heavy atom. The quantitative estimate of drug-likeness (QED) is 0.903. The molecule has 0 amide bonds. The molecular weight excluding hydrogens is 337 g/mol. The zero-order valence-corrected chi connectivity index (χ0v) is 13.4. The Kier molecular flexibility index (Phi) is 5.00. The van der Waals surface area contributed by atoms with Crippen molar-refractivity contribution in [3.63, 3.8) is 0 Å². The first-order chi connectivity index (χ1) is 9.80. The molecule has 0 spiro atoms. The Balaban J connectivity index is 2.13. The van der Waals surface area contributed by atoms with Crippen molar-refractivity contribution in [2.45, 2.75) is 11.0 Å². The SMILES string of the molecule is CN(CC(O)c1ccc(F)cc1)S(=O)(=O)c1csc(Cl)c1. The Hall–Kier alpha value is -0.990. The van der Waals surface area contributed by atoms with E-state index in [0.717, 1.165) is 15.6 Å². The summed E-state index contributed by atoms with van der Waals surface area (Å²) in [7, 11) is -2.34. The van der Waals surface area contributed by atoms with Gasteiger partial charge in [0, 0.05) is 19.0 Å². The highest BCUT2D eigenvalue weighted by atomic mass is 35.5. The molecule has 0 saturated heterocycles. The summed E-state index contributed by atoms with van der Waals surface area (Å²) in [6, 6.07) is 6.63. The van der Waals surface area contributed by atoms with Gasteiger partial charge in [0.1, 0.15) is 5.82 Å². The number of likely N-dealkylation sites (N-methyl/N-ethyl adjacent to an activating group) is 1. The van der Waals surface area contributed by atoms with Gasteiger partial charge in [0.25, 0.3) is 0 Å². The number of aliphatic hydroxyl groups excluding tert-OH is 1. The average Bonchev–Trinajstić information content (AvgIpc) is 2.86. The molecule has 0 aliphatic carbocycles. The molecular formula is C13H13ClFNO3S2. The van der Waals surface area contributed by atoms with Crippen LogP contribution in [0.15, 0.2) is 40.6 Å². The third-order valence-corrected chi connectivity index (χ3v) is 5.98. The van der Waals surface area contributed by atoms with E-state index < -0.39 is 21.9 Å². The summed E-state index contributed by atoms with van der Waals surface area (Å²) < 4.78 is 38.8. The number of hydrogen-bond acceptors (Lipinski definition) is 4. The lowest BCUT2D eigenvalue weighted by Crippen LogP contribution is -2.31. The first-order valence-corrected chi connectivity index (χ1v) is 8.64. The molecule has 1 heterocycles. The van der Waals surface area contributed by atoms with Crippen LogP contribution in [0.2, 0.25) is 4.34 Å². The summed E-state index contributed by atoms with van der Waals surface area (Å²) in [5, 5.41) is 11.5. The van der Waals surface area contributed by atoms with Crippen LogP contribution in [-0.2, 0) is 10.0 Å². The van der Waals surface area contributed by atoms with Gasteiger partial charge in [-0.2, -0.15) is 4.31 Å². The number of hydrogen-bond donors (Lipinski definition) is 1. The van der Waals surface area contributed by atoms with E-state index in [9.17, 15) is 17.9 Å². The first-order valence-electron chi connectivity index (χ1n) is 5.94. The maximum absolute atomic E-state index is 12.8. The first kappa shape index (κ1) is 16.4. The normalized spacial score (nSPS) is 13.6. The Morgan fingerprint density at radius 3 is 2.52 bits per heavy atom. The maximum Gasteiger partial charge on any atom is 0.243 e. The second-order valence-electron chi connectivity index (χ2n) is 4.44. The van der Waals surface area contributed by atoms with Crippen LogP contribution in [0.25, 0.3) is 0 Å². The van der Waals surface area contributed by atoms with Gasteiger partial charge in [-0.1, -0.05) is 23.7 Å². The number of halogens is 2. The van der Waals surface area contributed by atoms with Crippen molar-refractivity contribution in [3.8, 4) is 0 Å². The lowest BCUT2D eigenvalue weighted by Gasteiger charge is -2.20.